The van der Waals surface area contributed by atoms with E-state index >= 15 is 0 Å². The van der Waals surface area contributed by atoms with Gasteiger partial charge in [-0.25, -0.2) is 0 Å². The SMILES string of the molecule is Cc1ccc([N+](=O)[O-])c(OCC[NH2+]C[C@@H]2CCCO2)c1. The zero-order chi connectivity index (χ0) is 14.4. The molecule has 1 aliphatic rings. The average molecular weight is 281 g/mol. The van der Waals surface area contributed by atoms with Crippen molar-refractivity contribution >= 4 is 5.69 Å². The van der Waals surface area contributed by atoms with Crippen LogP contribution in [0.25, 0.3) is 0 Å². The van der Waals surface area contributed by atoms with Crippen LogP contribution in [-0.2, 0) is 4.74 Å². The third-order valence-corrected chi connectivity index (χ3v) is 3.35. The van der Waals surface area contributed by atoms with Crippen LogP contribution in [0, 0.1) is 17.0 Å². The van der Waals surface area contributed by atoms with Crippen LogP contribution in [0.15, 0.2) is 18.2 Å². The van der Waals surface area contributed by atoms with Gasteiger partial charge >= 0.3 is 5.69 Å². The van der Waals surface area contributed by atoms with Gasteiger partial charge in [-0.15, -0.1) is 0 Å². The summed E-state index contributed by atoms with van der Waals surface area (Å²) in [5.74, 6) is 0.348. The van der Waals surface area contributed by atoms with E-state index in [1.807, 2.05) is 6.92 Å². The first-order valence-electron chi connectivity index (χ1n) is 6.98. The standard InChI is InChI=1S/C14H20N2O4/c1-11-4-5-13(16(17)18)14(9-11)20-8-6-15-10-12-3-2-7-19-12/h4-5,9,12,15H,2-3,6-8,10H2,1H3/p+1/t12-/m0/s1. The zero-order valence-electron chi connectivity index (χ0n) is 11.7. The smallest absolute Gasteiger partial charge is 0.310 e. The van der Waals surface area contributed by atoms with Crippen LogP contribution in [0.4, 0.5) is 5.69 Å². The first-order chi connectivity index (χ1) is 9.66. The molecule has 1 atom stereocenters. The highest BCUT2D eigenvalue weighted by Crippen LogP contribution is 2.27. The fourth-order valence-corrected chi connectivity index (χ4v) is 2.27. The molecule has 6 heteroatoms. The molecule has 20 heavy (non-hydrogen) atoms. The van der Waals surface area contributed by atoms with Gasteiger partial charge in [0.25, 0.3) is 0 Å². The van der Waals surface area contributed by atoms with Crippen molar-refractivity contribution in [3.63, 3.8) is 0 Å². The molecule has 2 rings (SSSR count). The van der Waals surface area contributed by atoms with Crippen LogP contribution >= 0.6 is 0 Å². The van der Waals surface area contributed by atoms with Crippen LogP contribution in [-0.4, -0.2) is 37.3 Å². The fourth-order valence-electron chi connectivity index (χ4n) is 2.27. The number of nitrogens with two attached hydrogens (primary N) is 1. The average Bonchev–Trinajstić information content (AvgIpc) is 2.91. The van der Waals surface area contributed by atoms with E-state index in [0.29, 0.717) is 18.5 Å². The van der Waals surface area contributed by atoms with Gasteiger partial charge in [-0.2, -0.15) is 0 Å². The number of aryl methyl sites for hydroxylation is 1. The Kier molecular flexibility index (Phi) is 5.31. The van der Waals surface area contributed by atoms with E-state index in [9.17, 15) is 10.1 Å². The Morgan fingerprint density at radius 2 is 2.40 bits per heavy atom. The Labute approximate surface area is 118 Å². The number of hydrogen-bond donors (Lipinski definition) is 1. The predicted molar refractivity (Wildman–Crippen MR) is 74.0 cm³/mol. The van der Waals surface area contributed by atoms with Gasteiger partial charge in [0.1, 0.15) is 25.8 Å². The number of nitro groups is 1. The van der Waals surface area contributed by atoms with Crippen LogP contribution in [0.1, 0.15) is 18.4 Å². The van der Waals surface area contributed by atoms with E-state index in [1.54, 1.807) is 12.1 Å². The lowest BCUT2D eigenvalue weighted by Crippen LogP contribution is -2.87. The van der Waals surface area contributed by atoms with E-state index < -0.39 is 4.92 Å². The second-order valence-corrected chi connectivity index (χ2v) is 5.02. The van der Waals surface area contributed by atoms with E-state index in [1.165, 1.54) is 6.07 Å². The highest BCUT2D eigenvalue weighted by Gasteiger charge is 2.17. The molecule has 1 aromatic carbocycles. The molecule has 0 bridgehead atoms. The maximum Gasteiger partial charge on any atom is 0.310 e. The lowest BCUT2D eigenvalue weighted by molar-refractivity contribution is -0.661. The number of ether oxygens (including phenoxy) is 2. The summed E-state index contributed by atoms with van der Waals surface area (Å²) in [6.45, 7) is 4.91. The van der Waals surface area contributed by atoms with Gasteiger partial charge in [0.2, 0.25) is 0 Å². The molecule has 1 saturated heterocycles. The molecule has 0 unspecified atom stereocenters. The number of hydrogen-bond acceptors (Lipinski definition) is 4. The molecule has 0 saturated carbocycles. The molecule has 1 aromatic rings. The summed E-state index contributed by atoms with van der Waals surface area (Å²) in [4.78, 5) is 10.5. The molecular formula is C14H21N2O4+. The lowest BCUT2D eigenvalue weighted by atomic mass is 10.2. The van der Waals surface area contributed by atoms with Crippen LogP contribution in [0.5, 0.6) is 5.75 Å². The molecule has 1 aliphatic heterocycles. The van der Waals surface area contributed by atoms with Crippen LogP contribution in [0.2, 0.25) is 0 Å². The summed E-state index contributed by atoms with van der Waals surface area (Å²) in [7, 11) is 0. The molecule has 2 N–H and O–H groups in total. The minimum absolute atomic E-state index is 0.0229. The molecule has 0 radical (unpaired) electrons. The van der Waals surface area contributed by atoms with Crippen molar-refractivity contribution in [3.8, 4) is 5.75 Å². The Morgan fingerprint density at radius 3 is 3.10 bits per heavy atom. The van der Waals surface area contributed by atoms with Crippen molar-refractivity contribution in [2.24, 2.45) is 0 Å². The Hall–Kier alpha value is -1.66. The molecule has 1 fully saturated rings. The van der Waals surface area contributed by atoms with Gasteiger partial charge in [0.05, 0.1) is 4.92 Å². The van der Waals surface area contributed by atoms with Crippen molar-refractivity contribution in [3.05, 3.63) is 33.9 Å². The van der Waals surface area contributed by atoms with E-state index in [4.69, 9.17) is 9.47 Å². The van der Waals surface area contributed by atoms with Gasteiger partial charge in [0.15, 0.2) is 5.75 Å². The first kappa shape index (κ1) is 14.7. The summed E-state index contributed by atoms with van der Waals surface area (Å²) in [6.07, 6.45) is 2.62. The normalized spacial score (nSPS) is 18.1. The molecule has 110 valence electrons. The zero-order valence-corrected chi connectivity index (χ0v) is 11.7. The Morgan fingerprint density at radius 1 is 1.55 bits per heavy atom. The minimum Gasteiger partial charge on any atom is -0.481 e. The first-order valence-corrected chi connectivity index (χ1v) is 6.98. The van der Waals surface area contributed by atoms with Gasteiger partial charge in [-0.05, 0) is 31.4 Å². The second kappa shape index (κ2) is 7.21. The third-order valence-electron chi connectivity index (χ3n) is 3.35. The summed E-state index contributed by atoms with van der Waals surface area (Å²) < 4.78 is 11.1. The summed E-state index contributed by atoms with van der Waals surface area (Å²) >= 11 is 0. The highest BCUT2D eigenvalue weighted by molar-refractivity contribution is 5.48. The van der Waals surface area contributed by atoms with E-state index in [-0.39, 0.29) is 5.69 Å². The summed E-state index contributed by atoms with van der Waals surface area (Å²) in [5.41, 5.74) is 0.976. The van der Waals surface area contributed by atoms with Crippen LogP contribution < -0.4 is 10.1 Å². The predicted octanol–water partition coefficient (Wildman–Crippen LogP) is 1.02. The quantitative estimate of drug-likeness (QED) is 0.460. The summed E-state index contributed by atoms with van der Waals surface area (Å²) in [5, 5.41) is 13.0. The van der Waals surface area contributed by atoms with Gasteiger partial charge in [-0.1, -0.05) is 6.07 Å². The monoisotopic (exact) mass is 281 g/mol. The van der Waals surface area contributed by atoms with Gasteiger partial charge in [-0.3, -0.25) is 10.1 Å². The molecule has 0 aliphatic carbocycles. The van der Waals surface area contributed by atoms with Crippen molar-refractivity contribution in [1.29, 1.82) is 0 Å². The number of nitrogens with zero attached hydrogens (tertiary/aromatic N) is 1. The molecule has 1 heterocycles. The maximum absolute atomic E-state index is 10.9. The number of rotatable bonds is 7. The van der Waals surface area contributed by atoms with E-state index in [0.717, 1.165) is 38.1 Å². The number of benzene rings is 1. The third kappa shape index (κ3) is 4.18. The maximum atomic E-state index is 10.9. The van der Waals surface area contributed by atoms with Gasteiger partial charge < -0.3 is 14.8 Å². The molecule has 6 nitrogen and oxygen atoms in total. The topological polar surface area (TPSA) is 78.2 Å². The van der Waals surface area contributed by atoms with Crippen LogP contribution in [0.3, 0.4) is 0 Å². The van der Waals surface area contributed by atoms with Gasteiger partial charge in [0, 0.05) is 12.7 Å². The molecular weight excluding hydrogens is 260 g/mol. The second-order valence-electron chi connectivity index (χ2n) is 5.02. The largest absolute Gasteiger partial charge is 0.481 e. The number of quaternary nitrogens is 1. The van der Waals surface area contributed by atoms with Crippen molar-refractivity contribution < 1.29 is 19.7 Å². The van der Waals surface area contributed by atoms with Crippen molar-refractivity contribution in [2.45, 2.75) is 25.9 Å². The van der Waals surface area contributed by atoms with Crippen molar-refractivity contribution in [1.82, 2.24) is 0 Å². The fraction of sp³-hybridized carbons (Fsp3) is 0.571. The Balaban J connectivity index is 1.75. The number of nitro benzene ring substituents is 1. The molecule has 0 aromatic heterocycles. The highest BCUT2D eigenvalue weighted by atomic mass is 16.6. The minimum atomic E-state index is -0.412. The van der Waals surface area contributed by atoms with E-state index in [2.05, 4.69) is 5.32 Å². The summed E-state index contributed by atoms with van der Waals surface area (Å²) in [6, 6.07) is 4.91. The van der Waals surface area contributed by atoms with Crippen molar-refractivity contribution in [2.75, 3.05) is 26.3 Å². The lowest BCUT2D eigenvalue weighted by Gasteiger charge is -2.09. The Bertz CT molecular complexity index is 458. The molecule has 0 amide bonds. The molecule has 0 spiro atoms.